The molecule has 0 unspecified atom stereocenters. The number of aromatic nitrogens is 1. The van der Waals surface area contributed by atoms with Gasteiger partial charge in [0, 0.05) is 12.7 Å². The van der Waals surface area contributed by atoms with Crippen molar-refractivity contribution in [2.75, 3.05) is 18.4 Å². The molecule has 0 saturated heterocycles. The Kier molecular flexibility index (Phi) is 3.86. The predicted molar refractivity (Wildman–Crippen MR) is 82.6 cm³/mol. The molecule has 1 fully saturated rings. The van der Waals surface area contributed by atoms with Crippen LogP contribution in [-0.4, -0.2) is 28.9 Å². The Bertz CT molecular complexity index is 728. The molecule has 2 N–H and O–H groups in total. The molecule has 0 radical (unpaired) electrons. The first-order chi connectivity index (χ1) is 10.6. The third kappa shape index (κ3) is 3.13. The zero-order chi connectivity index (χ0) is 15.5. The van der Waals surface area contributed by atoms with Gasteiger partial charge in [0.05, 0.1) is 22.4 Å². The van der Waals surface area contributed by atoms with Crippen molar-refractivity contribution >= 4 is 28.2 Å². The van der Waals surface area contributed by atoms with Gasteiger partial charge in [0.25, 0.3) is 0 Å². The van der Waals surface area contributed by atoms with Crippen LogP contribution in [0.5, 0.6) is 0 Å². The zero-order valence-corrected chi connectivity index (χ0v) is 11.9. The first kappa shape index (κ1) is 14.2. The number of fused-ring (bicyclic) bond motifs is 1. The van der Waals surface area contributed by atoms with Gasteiger partial charge in [-0.3, -0.25) is 19.9 Å². The predicted octanol–water partition coefficient (Wildman–Crippen LogP) is 2.08. The van der Waals surface area contributed by atoms with Crippen LogP contribution in [0.4, 0.5) is 11.4 Å². The van der Waals surface area contributed by atoms with Crippen LogP contribution in [0.25, 0.3) is 10.9 Å². The highest BCUT2D eigenvalue weighted by molar-refractivity contribution is 5.95. The molecule has 1 saturated carbocycles. The van der Waals surface area contributed by atoms with E-state index in [0.717, 1.165) is 12.8 Å². The molecule has 114 valence electrons. The molecule has 0 spiro atoms. The molecule has 7 heteroatoms. The Morgan fingerprint density at radius 2 is 2.18 bits per heavy atom. The number of nitrogens with zero attached hydrogens (tertiary/aromatic N) is 2. The average molecular weight is 300 g/mol. The SMILES string of the molecule is O=C(CNc1ccc2ncccc2c1[N+](=O)[O-])NCC1CC1. The summed E-state index contributed by atoms with van der Waals surface area (Å²) in [6.45, 7) is 0.698. The van der Waals surface area contributed by atoms with Gasteiger partial charge in [-0.2, -0.15) is 0 Å². The molecule has 0 atom stereocenters. The maximum Gasteiger partial charge on any atom is 0.301 e. The lowest BCUT2D eigenvalue weighted by atomic mass is 10.1. The van der Waals surface area contributed by atoms with Crippen LogP contribution < -0.4 is 10.6 Å². The number of amides is 1. The Balaban J connectivity index is 1.76. The van der Waals surface area contributed by atoms with Gasteiger partial charge in [-0.05, 0) is 43.0 Å². The van der Waals surface area contributed by atoms with Crippen molar-refractivity contribution < 1.29 is 9.72 Å². The first-order valence-electron chi connectivity index (χ1n) is 7.18. The number of hydrogen-bond donors (Lipinski definition) is 2. The third-order valence-electron chi connectivity index (χ3n) is 3.66. The highest BCUT2D eigenvalue weighted by Crippen LogP contribution is 2.32. The lowest BCUT2D eigenvalue weighted by Crippen LogP contribution is -2.31. The number of rotatable bonds is 6. The minimum absolute atomic E-state index is 0.0132. The summed E-state index contributed by atoms with van der Waals surface area (Å²) in [7, 11) is 0. The lowest BCUT2D eigenvalue weighted by molar-refractivity contribution is -0.382. The number of hydrogen-bond acceptors (Lipinski definition) is 5. The molecule has 0 bridgehead atoms. The Labute approximate surface area is 126 Å². The number of nitrogens with one attached hydrogen (secondary N) is 2. The molecule has 0 aliphatic heterocycles. The monoisotopic (exact) mass is 300 g/mol. The smallest absolute Gasteiger partial charge is 0.301 e. The van der Waals surface area contributed by atoms with Crippen molar-refractivity contribution in [3.05, 3.63) is 40.6 Å². The summed E-state index contributed by atoms with van der Waals surface area (Å²) in [5, 5.41) is 17.5. The highest BCUT2D eigenvalue weighted by atomic mass is 16.6. The van der Waals surface area contributed by atoms with Crippen LogP contribution in [0, 0.1) is 16.0 Å². The van der Waals surface area contributed by atoms with Gasteiger partial charge in [-0.1, -0.05) is 0 Å². The van der Waals surface area contributed by atoms with Crippen molar-refractivity contribution in [1.82, 2.24) is 10.3 Å². The van der Waals surface area contributed by atoms with Gasteiger partial charge in [-0.15, -0.1) is 0 Å². The van der Waals surface area contributed by atoms with Crippen LogP contribution in [0.2, 0.25) is 0 Å². The van der Waals surface area contributed by atoms with Gasteiger partial charge in [0.2, 0.25) is 5.91 Å². The average Bonchev–Trinajstić information content (AvgIpc) is 3.34. The molecule has 1 aromatic carbocycles. The molecular formula is C15H16N4O3. The minimum Gasteiger partial charge on any atom is -0.371 e. The summed E-state index contributed by atoms with van der Waals surface area (Å²) >= 11 is 0. The van der Waals surface area contributed by atoms with Crippen molar-refractivity contribution in [2.45, 2.75) is 12.8 Å². The first-order valence-corrected chi connectivity index (χ1v) is 7.18. The van der Waals surface area contributed by atoms with Crippen molar-refractivity contribution in [3.63, 3.8) is 0 Å². The Hall–Kier alpha value is -2.70. The van der Waals surface area contributed by atoms with Gasteiger partial charge in [0.15, 0.2) is 0 Å². The van der Waals surface area contributed by atoms with Crippen molar-refractivity contribution in [1.29, 1.82) is 0 Å². The summed E-state index contributed by atoms with van der Waals surface area (Å²) < 4.78 is 0. The number of carbonyl (C=O) groups is 1. The molecule has 1 amide bonds. The van der Waals surface area contributed by atoms with E-state index < -0.39 is 4.92 Å². The van der Waals surface area contributed by atoms with Gasteiger partial charge in [0.1, 0.15) is 5.69 Å². The Morgan fingerprint density at radius 3 is 2.91 bits per heavy atom. The summed E-state index contributed by atoms with van der Waals surface area (Å²) in [6.07, 6.45) is 3.91. The van der Waals surface area contributed by atoms with Crippen LogP contribution >= 0.6 is 0 Å². The van der Waals surface area contributed by atoms with E-state index in [-0.39, 0.29) is 18.1 Å². The van der Waals surface area contributed by atoms with Crippen molar-refractivity contribution in [3.8, 4) is 0 Å². The number of nitro groups is 1. The molecular weight excluding hydrogens is 284 g/mol. The molecule has 1 aromatic heterocycles. The fourth-order valence-corrected chi connectivity index (χ4v) is 2.29. The maximum absolute atomic E-state index is 11.7. The van der Waals surface area contributed by atoms with E-state index in [9.17, 15) is 14.9 Å². The van der Waals surface area contributed by atoms with E-state index in [1.165, 1.54) is 0 Å². The van der Waals surface area contributed by atoms with Gasteiger partial charge >= 0.3 is 5.69 Å². The number of benzene rings is 1. The highest BCUT2D eigenvalue weighted by Gasteiger charge is 2.22. The van der Waals surface area contributed by atoms with E-state index in [1.54, 1.807) is 30.5 Å². The van der Waals surface area contributed by atoms with Crippen LogP contribution in [0.1, 0.15) is 12.8 Å². The largest absolute Gasteiger partial charge is 0.371 e. The minimum atomic E-state index is -0.450. The van der Waals surface area contributed by atoms with E-state index in [1.807, 2.05) is 0 Å². The molecule has 1 aliphatic carbocycles. The topological polar surface area (TPSA) is 97.2 Å². The molecule has 7 nitrogen and oxygen atoms in total. The fourth-order valence-electron chi connectivity index (χ4n) is 2.29. The zero-order valence-electron chi connectivity index (χ0n) is 11.9. The summed E-state index contributed by atoms with van der Waals surface area (Å²) in [6, 6.07) is 6.59. The summed E-state index contributed by atoms with van der Waals surface area (Å²) in [4.78, 5) is 26.7. The number of anilines is 1. The lowest BCUT2D eigenvalue weighted by Gasteiger charge is -2.09. The second-order valence-corrected chi connectivity index (χ2v) is 5.39. The standard InChI is InChI=1S/C15H16N4O3/c20-14(18-8-10-3-4-10)9-17-13-6-5-12-11(2-1-7-16-12)15(13)19(21)22/h1-2,5-7,10,17H,3-4,8-9H2,(H,18,20). The Morgan fingerprint density at radius 1 is 1.36 bits per heavy atom. The molecule has 1 heterocycles. The van der Waals surface area contributed by atoms with Gasteiger partial charge < -0.3 is 10.6 Å². The quantitative estimate of drug-likeness (QED) is 0.629. The summed E-state index contributed by atoms with van der Waals surface area (Å²) in [5.41, 5.74) is 0.825. The van der Waals surface area contributed by atoms with Crippen molar-refractivity contribution in [2.24, 2.45) is 5.92 Å². The molecule has 2 aromatic rings. The fraction of sp³-hybridized carbons (Fsp3) is 0.333. The second-order valence-electron chi connectivity index (χ2n) is 5.39. The third-order valence-corrected chi connectivity index (χ3v) is 3.66. The molecule has 1 aliphatic rings. The van der Waals surface area contributed by atoms with E-state index in [4.69, 9.17) is 0 Å². The molecule has 22 heavy (non-hydrogen) atoms. The van der Waals surface area contributed by atoms with E-state index in [0.29, 0.717) is 29.1 Å². The molecule has 3 rings (SSSR count). The maximum atomic E-state index is 11.7. The van der Waals surface area contributed by atoms with Crippen LogP contribution in [-0.2, 0) is 4.79 Å². The van der Waals surface area contributed by atoms with Gasteiger partial charge in [-0.25, -0.2) is 0 Å². The number of nitro benzene ring substituents is 1. The normalized spacial score (nSPS) is 13.8. The van der Waals surface area contributed by atoms with Crippen LogP contribution in [0.15, 0.2) is 30.5 Å². The number of carbonyl (C=O) groups excluding carboxylic acids is 1. The number of pyridine rings is 1. The van der Waals surface area contributed by atoms with E-state index in [2.05, 4.69) is 15.6 Å². The van der Waals surface area contributed by atoms with E-state index >= 15 is 0 Å². The summed E-state index contributed by atoms with van der Waals surface area (Å²) in [5.74, 6) is 0.442. The second kappa shape index (κ2) is 5.97. The van der Waals surface area contributed by atoms with Crippen LogP contribution in [0.3, 0.4) is 0 Å².